The minimum Gasteiger partial charge on any atom is -0.487 e. The fourth-order valence-corrected chi connectivity index (χ4v) is 1.65. The predicted octanol–water partition coefficient (Wildman–Crippen LogP) is 1.67. The van der Waals surface area contributed by atoms with Crippen molar-refractivity contribution in [2.75, 3.05) is 11.9 Å². The van der Waals surface area contributed by atoms with Crippen LogP contribution in [0, 0.1) is 0 Å². The summed E-state index contributed by atoms with van der Waals surface area (Å²) in [5.41, 5.74) is 0.919. The zero-order valence-corrected chi connectivity index (χ0v) is 10.7. The molecule has 20 heavy (non-hydrogen) atoms. The molecule has 104 valence electrons. The third-order valence-electron chi connectivity index (χ3n) is 2.72. The van der Waals surface area contributed by atoms with E-state index in [9.17, 15) is 15.0 Å². The number of fused-ring (bicyclic) bond motifs is 1. The Morgan fingerprint density at radius 1 is 1.30 bits per heavy atom. The highest BCUT2D eigenvalue weighted by molar-refractivity contribution is 6.06. The van der Waals surface area contributed by atoms with Crippen molar-refractivity contribution in [1.82, 2.24) is 0 Å². The molecule has 0 radical (unpaired) electrons. The monoisotopic (exact) mass is 273 g/mol. The molecule has 0 aliphatic carbocycles. The molecule has 5 nitrogen and oxygen atoms in total. The lowest BCUT2D eigenvalue weighted by Crippen LogP contribution is -2.14. The fraction of sp³-hybridized carbons (Fsp3) is 0.133. The Balaban J connectivity index is 2.39. The number of benzene rings is 1. The van der Waals surface area contributed by atoms with Gasteiger partial charge in [0.05, 0.1) is 5.69 Å². The number of hydrogen-bond acceptors (Lipinski definition) is 4. The van der Waals surface area contributed by atoms with Crippen molar-refractivity contribution in [3.05, 3.63) is 60.2 Å². The van der Waals surface area contributed by atoms with Crippen LogP contribution in [0.5, 0.6) is 5.75 Å². The zero-order chi connectivity index (χ0) is 14.5. The molecule has 0 fully saturated rings. The first-order valence-electron chi connectivity index (χ1n) is 6.04. The van der Waals surface area contributed by atoms with Gasteiger partial charge in [-0.2, -0.15) is 0 Å². The molecule has 0 unspecified atom stereocenters. The largest absolute Gasteiger partial charge is 0.487 e. The second-order valence-electron chi connectivity index (χ2n) is 4.21. The maximum atomic E-state index is 11.9. The van der Waals surface area contributed by atoms with E-state index >= 15 is 0 Å². The predicted molar refractivity (Wildman–Crippen MR) is 75.2 cm³/mol. The average molecular weight is 273 g/mol. The summed E-state index contributed by atoms with van der Waals surface area (Å²) in [6, 6.07) is 4.55. The molecule has 0 spiro atoms. The van der Waals surface area contributed by atoms with E-state index in [2.05, 4.69) is 11.9 Å². The van der Waals surface area contributed by atoms with Crippen LogP contribution in [0.1, 0.15) is 11.9 Å². The number of anilines is 1. The van der Waals surface area contributed by atoms with Gasteiger partial charge >= 0.3 is 0 Å². The molecule has 1 heterocycles. The third kappa shape index (κ3) is 3.34. The number of carbonyl (C=O) groups excluding carboxylic acids is 1. The third-order valence-corrected chi connectivity index (χ3v) is 2.72. The molecule has 1 aliphatic rings. The van der Waals surface area contributed by atoms with Crippen molar-refractivity contribution < 1.29 is 19.7 Å². The van der Waals surface area contributed by atoms with Gasteiger partial charge in [-0.05, 0) is 18.2 Å². The average Bonchev–Trinajstić information content (AvgIpc) is 2.45. The van der Waals surface area contributed by atoms with E-state index in [4.69, 9.17) is 4.74 Å². The summed E-state index contributed by atoms with van der Waals surface area (Å²) >= 11 is 0. The Hall–Kier alpha value is -2.37. The Labute approximate surface area is 116 Å². The van der Waals surface area contributed by atoms with E-state index in [0.29, 0.717) is 18.0 Å². The van der Waals surface area contributed by atoms with Gasteiger partial charge in [-0.15, -0.1) is 0 Å². The van der Waals surface area contributed by atoms with Crippen LogP contribution in [0.2, 0.25) is 0 Å². The summed E-state index contributed by atoms with van der Waals surface area (Å²) in [5.74, 6) is 0.0630. The van der Waals surface area contributed by atoms with Crippen LogP contribution < -0.4 is 10.1 Å². The number of carbonyl (C=O) groups is 1. The van der Waals surface area contributed by atoms with Crippen molar-refractivity contribution in [3.63, 3.8) is 0 Å². The van der Waals surface area contributed by atoms with Gasteiger partial charge < -0.3 is 20.3 Å². The number of hydrogen-bond donors (Lipinski definition) is 3. The Bertz CT molecular complexity index is 588. The number of aliphatic hydroxyl groups excluding tert-OH is 1. The van der Waals surface area contributed by atoms with Crippen molar-refractivity contribution in [2.24, 2.45) is 0 Å². The van der Waals surface area contributed by atoms with Crippen molar-refractivity contribution in [3.8, 4) is 5.75 Å². The van der Waals surface area contributed by atoms with Crippen LogP contribution in [0.15, 0.2) is 54.7 Å². The first-order chi connectivity index (χ1) is 9.58. The van der Waals surface area contributed by atoms with Gasteiger partial charge in [0, 0.05) is 11.1 Å². The molecular weight excluding hydrogens is 258 g/mol. The summed E-state index contributed by atoms with van der Waals surface area (Å²) in [7, 11) is 0. The second kappa shape index (κ2) is 6.18. The van der Waals surface area contributed by atoms with Gasteiger partial charge in [0.2, 0.25) is 0 Å². The van der Waals surface area contributed by atoms with Gasteiger partial charge in [0.1, 0.15) is 12.4 Å². The van der Waals surface area contributed by atoms with Crippen LogP contribution in [-0.4, -0.2) is 22.7 Å². The summed E-state index contributed by atoms with van der Waals surface area (Å²) in [5, 5.41) is 21.0. The van der Waals surface area contributed by atoms with Gasteiger partial charge in [-0.3, -0.25) is 4.79 Å². The van der Waals surface area contributed by atoms with Crippen molar-refractivity contribution >= 4 is 11.6 Å². The SMILES string of the molecule is C=C1/C=C\C=C/COc2ccc(C(O)O)cc2NC1=O. The first kappa shape index (κ1) is 14.0. The minimum atomic E-state index is -1.61. The minimum absolute atomic E-state index is 0.263. The smallest absolute Gasteiger partial charge is 0.255 e. The van der Waals surface area contributed by atoms with Gasteiger partial charge in [-0.1, -0.05) is 30.9 Å². The lowest BCUT2D eigenvalue weighted by atomic mass is 10.1. The molecule has 0 aromatic heterocycles. The summed E-state index contributed by atoms with van der Waals surface area (Å²) < 4.78 is 5.51. The lowest BCUT2D eigenvalue weighted by Gasteiger charge is -2.14. The quantitative estimate of drug-likeness (QED) is 0.537. The summed E-state index contributed by atoms with van der Waals surface area (Å²) in [4.78, 5) is 11.9. The Morgan fingerprint density at radius 3 is 2.85 bits per heavy atom. The molecule has 0 bridgehead atoms. The standard InChI is InChI=1S/C15H15NO4/c1-10-5-3-2-4-8-20-13-7-6-11(15(18)19)9-12(13)16-14(10)17/h2-7,9,15,18-19H,1,8H2,(H,16,17)/b4-2-,5-3-. The highest BCUT2D eigenvalue weighted by atomic mass is 16.5. The maximum absolute atomic E-state index is 11.9. The van der Waals surface area contributed by atoms with Gasteiger partial charge in [-0.25, -0.2) is 0 Å². The molecule has 1 aromatic carbocycles. The Morgan fingerprint density at radius 2 is 2.10 bits per heavy atom. The number of ether oxygens (including phenoxy) is 1. The van der Waals surface area contributed by atoms with E-state index in [0.717, 1.165) is 0 Å². The molecule has 0 saturated carbocycles. The van der Waals surface area contributed by atoms with Crippen LogP contribution in [-0.2, 0) is 4.79 Å². The van der Waals surface area contributed by atoms with Crippen LogP contribution >= 0.6 is 0 Å². The lowest BCUT2D eigenvalue weighted by molar-refractivity contribution is -0.112. The molecule has 1 aliphatic heterocycles. The summed E-state index contributed by atoms with van der Waals surface area (Å²) in [6.07, 6.45) is 5.22. The fourth-order valence-electron chi connectivity index (χ4n) is 1.65. The maximum Gasteiger partial charge on any atom is 0.255 e. The number of amides is 1. The molecule has 3 N–H and O–H groups in total. The van der Waals surface area contributed by atoms with E-state index in [1.807, 2.05) is 0 Å². The van der Waals surface area contributed by atoms with Crippen LogP contribution in [0.4, 0.5) is 5.69 Å². The van der Waals surface area contributed by atoms with Crippen LogP contribution in [0.25, 0.3) is 0 Å². The van der Waals surface area contributed by atoms with Crippen molar-refractivity contribution in [2.45, 2.75) is 6.29 Å². The van der Waals surface area contributed by atoms with Crippen LogP contribution in [0.3, 0.4) is 0 Å². The van der Waals surface area contributed by atoms with Gasteiger partial charge in [0.25, 0.3) is 5.91 Å². The number of allylic oxidation sites excluding steroid dienone is 2. The van der Waals surface area contributed by atoms with Crippen molar-refractivity contribution in [1.29, 1.82) is 0 Å². The van der Waals surface area contributed by atoms with E-state index in [1.165, 1.54) is 12.1 Å². The molecule has 2 rings (SSSR count). The molecule has 0 saturated heterocycles. The molecule has 1 amide bonds. The second-order valence-corrected chi connectivity index (χ2v) is 4.21. The van der Waals surface area contributed by atoms with Gasteiger partial charge in [0.15, 0.2) is 6.29 Å². The summed E-state index contributed by atoms with van der Waals surface area (Å²) in [6.45, 7) is 3.99. The highest BCUT2D eigenvalue weighted by Gasteiger charge is 2.13. The normalized spacial score (nSPS) is 18.6. The van der Waals surface area contributed by atoms with E-state index in [1.54, 1.807) is 30.4 Å². The molecular formula is C15H15NO4. The number of aliphatic hydroxyl groups is 2. The number of rotatable bonds is 1. The van der Waals surface area contributed by atoms with E-state index < -0.39 is 6.29 Å². The van der Waals surface area contributed by atoms with E-state index in [-0.39, 0.29) is 17.0 Å². The Kier molecular flexibility index (Phi) is 4.34. The highest BCUT2D eigenvalue weighted by Crippen LogP contribution is 2.28. The molecule has 5 heteroatoms. The zero-order valence-electron chi connectivity index (χ0n) is 10.7. The first-order valence-corrected chi connectivity index (χ1v) is 6.04. The molecule has 1 aromatic rings. The number of nitrogens with one attached hydrogen (secondary N) is 1. The topological polar surface area (TPSA) is 78.8 Å². The molecule has 0 atom stereocenters.